The topological polar surface area (TPSA) is 37.3 Å². The summed E-state index contributed by atoms with van der Waals surface area (Å²) in [5, 5.41) is 11.3. The van der Waals surface area contributed by atoms with E-state index in [2.05, 4.69) is 0 Å². The Balaban J connectivity index is 2.75. The molecule has 17 heavy (non-hydrogen) atoms. The zero-order valence-corrected chi connectivity index (χ0v) is 10.6. The molecule has 0 saturated heterocycles. The van der Waals surface area contributed by atoms with Gasteiger partial charge in [0.2, 0.25) is 0 Å². The van der Waals surface area contributed by atoms with Crippen LogP contribution in [-0.4, -0.2) is 17.3 Å². The maximum absolute atomic E-state index is 11.2. The van der Waals surface area contributed by atoms with Crippen molar-refractivity contribution in [3.63, 3.8) is 0 Å². The van der Waals surface area contributed by atoms with Gasteiger partial charge in [0.15, 0.2) is 0 Å². The van der Waals surface area contributed by atoms with Gasteiger partial charge < -0.3 is 5.11 Å². The number of hydrogen-bond acceptors (Lipinski definition) is 2. The summed E-state index contributed by atoms with van der Waals surface area (Å²) in [4.78, 5) is 12.2. The highest BCUT2D eigenvalue weighted by Gasteiger charge is 2.19. The van der Waals surface area contributed by atoms with E-state index in [-0.39, 0.29) is 0 Å². The second-order valence-corrected chi connectivity index (χ2v) is 4.81. The first-order valence-corrected chi connectivity index (χ1v) is 6.66. The van der Waals surface area contributed by atoms with E-state index in [1.807, 2.05) is 42.7 Å². The van der Waals surface area contributed by atoms with E-state index < -0.39 is 11.9 Å². The van der Waals surface area contributed by atoms with E-state index in [0.717, 1.165) is 21.2 Å². The summed E-state index contributed by atoms with van der Waals surface area (Å²) >= 11 is 1.59. The van der Waals surface area contributed by atoms with Crippen molar-refractivity contribution in [3.8, 4) is 0 Å². The lowest BCUT2D eigenvalue weighted by Gasteiger charge is -2.14. The number of hydrogen-bond donors (Lipinski definition) is 1. The number of benzene rings is 2. The summed E-state index contributed by atoms with van der Waals surface area (Å²) in [6, 6.07) is 12.0. The number of carbonyl (C=O) groups is 1. The van der Waals surface area contributed by atoms with Gasteiger partial charge in [0, 0.05) is 4.90 Å². The third-order valence-corrected chi connectivity index (χ3v) is 3.75. The average Bonchev–Trinajstić information content (AvgIpc) is 2.36. The number of carboxylic acids is 1. The van der Waals surface area contributed by atoms with Gasteiger partial charge in [-0.25, -0.2) is 0 Å². The Bertz CT molecular complexity index is 563. The standard InChI is InChI=1S/C14H14O2S/c1-9(14(15)16)13-11-6-4-3-5-10(11)7-8-12(13)17-2/h3-9H,1-2H3,(H,15,16). The third-order valence-electron chi connectivity index (χ3n) is 2.95. The molecule has 88 valence electrons. The van der Waals surface area contributed by atoms with Crippen LogP contribution in [0.3, 0.4) is 0 Å². The second-order valence-electron chi connectivity index (χ2n) is 3.96. The predicted molar refractivity (Wildman–Crippen MR) is 71.8 cm³/mol. The molecule has 0 radical (unpaired) electrons. The molecule has 0 amide bonds. The Morgan fingerprint density at radius 2 is 1.94 bits per heavy atom. The van der Waals surface area contributed by atoms with Crippen molar-refractivity contribution in [2.45, 2.75) is 17.7 Å². The van der Waals surface area contributed by atoms with Crippen LogP contribution < -0.4 is 0 Å². The van der Waals surface area contributed by atoms with E-state index in [4.69, 9.17) is 0 Å². The van der Waals surface area contributed by atoms with Gasteiger partial charge >= 0.3 is 5.97 Å². The van der Waals surface area contributed by atoms with Crippen molar-refractivity contribution in [1.82, 2.24) is 0 Å². The molecule has 0 aliphatic heterocycles. The fourth-order valence-corrected chi connectivity index (χ4v) is 2.73. The van der Waals surface area contributed by atoms with Gasteiger partial charge in [-0.1, -0.05) is 30.3 Å². The SMILES string of the molecule is CSc1ccc2ccccc2c1C(C)C(=O)O. The van der Waals surface area contributed by atoms with Crippen LogP contribution in [0.25, 0.3) is 10.8 Å². The number of carboxylic acid groups (broad SMARTS) is 1. The highest BCUT2D eigenvalue weighted by Crippen LogP contribution is 2.34. The van der Waals surface area contributed by atoms with Crippen molar-refractivity contribution >= 4 is 28.5 Å². The van der Waals surface area contributed by atoms with Gasteiger partial charge in [0.05, 0.1) is 5.92 Å². The molecule has 2 rings (SSSR count). The monoisotopic (exact) mass is 246 g/mol. The lowest BCUT2D eigenvalue weighted by molar-refractivity contribution is -0.138. The highest BCUT2D eigenvalue weighted by atomic mass is 32.2. The van der Waals surface area contributed by atoms with Crippen LogP contribution in [0.5, 0.6) is 0 Å². The second kappa shape index (κ2) is 4.80. The molecule has 2 nitrogen and oxygen atoms in total. The molecule has 0 aliphatic rings. The van der Waals surface area contributed by atoms with E-state index in [0.29, 0.717) is 0 Å². The van der Waals surface area contributed by atoms with Gasteiger partial charge in [0.1, 0.15) is 0 Å². The molecule has 1 unspecified atom stereocenters. The highest BCUT2D eigenvalue weighted by molar-refractivity contribution is 7.98. The molecular weight excluding hydrogens is 232 g/mol. The number of thioether (sulfide) groups is 1. The smallest absolute Gasteiger partial charge is 0.310 e. The summed E-state index contributed by atoms with van der Waals surface area (Å²) in [5.74, 6) is -1.26. The number of rotatable bonds is 3. The Kier molecular flexibility index (Phi) is 3.38. The summed E-state index contributed by atoms with van der Waals surface area (Å²) in [7, 11) is 0. The fourth-order valence-electron chi connectivity index (χ4n) is 2.02. The Morgan fingerprint density at radius 1 is 1.24 bits per heavy atom. The van der Waals surface area contributed by atoms with E-state index in [1.165, 1.54) is 0 Å². The summed E-state index contributed by atoms with van der Waals surface area (Å²) in [6.07, 6.45) is 1.97. The van der Waals surface area contributed by atoms with E-state index in [1.54, 1.807) is 18.7 Å². The molecule has 0 fully saturated rings. The molecule has 3 heteroatoms. The van der Waals surface area contributed by atoms with Crippen molar-refractivity contribution in [2.75, 3.05) is 6.26 Å². The summed E-state index contributed by atoms with van der Waals surface area (Å²) < 4.78 is 0. The molecule has 2 aromatic rings. The van der Waals surface area contributed by atoms with Crippen molar-refractivity contribution in [3.05, 3.63) is 42.0 Å². The third kappa shape index (κ3) is 2.15. The van der Waals surface area contributed by atoms with Crippen LogP contribution in [-0.2, 0) is 4.79 Å². The average molecular weight is 246 g/mol. The van der Waals surface area contributed by atoms with Gasteiger partial charge in [-0.2, -0.15) is 0 Å². The lowest BCUT2D eigenvalue weighted by atomic mass is 9.95. The molecule has 0 spiro atoms. The van der Waals surface area contributed by atoms with Crippen molar-refractivity contribution in [1.29, 1.82) is 0 Å². The van der Waals surface area contributed by atoms with E-state index in [9.17, 15) is 9.90 Å². The van der Waals surface area contributed by atoms with Crippen LogP contribution in [0.1, 0.15) is 18.4 Å². The van der Waals surface area contributed by atoms with Crippen molar-refractivity contribution in [2.24, 2.45) is 0 Å². The van der Waals surface area contributed by atoms with Gasteiger partial charge in [-0.3, -0.25) is 4.79 Å². The Labute approximate surface area is 105 Å². The first-order chi connectivity index (χ1) is 8.15. The first kappa shape index (κ1) is 12.0. The largest absolute Gasteiger partial charge is 0.481 e. The summed E-state index contributed by atoms with van der Waals surface area (Å²) in [5.41, 5.74) is 0.920. The maximum atomic E-state index is 11.2. The Hall–Kier alpha value is -1.48. The molecule has 0 aliphatic carbocycles. The molecule has 1 N–H and O–H groups in total. The van der Waals surface area contributed by atoms with Crippen LogP contribution in [0, 0.1) is 0 Å². The first-order valence-electron chi connectivity index (χ1n) is 5.43. The van der Waals surface area contributed by atoms with E-state index >= 15 is 0 Å². The number of fused-ring (bicyclic) bond motifs is 1. The van der Waals surface area contributed by atoms with Crippen molar-refractivity contribution < 1.29 is 9.90 Å². The minimum absolute atomic E-state index is 0.483. The zero-order valence-electron chi connectivity index (χ0n) is 9.81. The minimum Gasteiger partial charge on any atom is -0.481 e. The Morgan fingerprint density at radius 3 is 2.59 bits per heavy atom. The fraction of sp³-hybridized carbons (Fsp3) is 0.214. The van der Waals surface area contributed by atoms with Gasteiger partial charge in [-0.05, 0) is 35.6 Å². The predicted octanol–water partition coefficient (Wildman–Crippen LogP) is 3.75. The zero-order chi connectivity index (χ0) is 12.4. The normalized spacial score (nSPS) is 12.6. The quantitative estimate of drug-likeness (QED) is 0.838. The summed E-state index contributed by atoms with van der Waals surface area (Å²) in [6.45, 7) is 1.74. The van der Waals surface area contributed by atoms with Gasteiger partial charge in [0.25, 0.3) is 0 Å². The maximum Gasteiger partial charge on any atom is 0.310 e. The molecule has 2 aromatic carbocycles. The minimum atomic E-state index is -0.781. The van der Waals surface area contributed by atoms with Crippen LogP contribution >= 0.6 is 11.8 Å². The van der Waals surface area contributed by atoms with Crippen LogP contribution in [0.15, 0.2) is 41.3 Å². The molecule has 0 aromatic heterocycles. The molecule has 1 atom stereocenters. The molecular formula is C14H14O2S. The number of aliphatic carboxylic acids is 1. The molecule has 0 saturated carbocycles. The lowest BCUT2D eigenvalue weighted by Crippen LogP contribution is -2.09. The van der Waals surface area contributed by atoms with Gasteiger partial charge in [-0.15, -0.1) is 11.8 Å². The molecule has 0 heterocycles. The molecule has 0 bridgehead atoms. The van der Waals surface area contributed by atoms with Crippen LogP contribution in [0.4, 0.5) is 0 Å². The van der Waals surface area contributed by atoms with Crippen LogP contribution in [0.2, 0.25) is 0 Å².